The Morgan fingerprint density at radius 3 is 1.95 bits per heavy atom. The Bertz CT molecular complexity index is 537. The number of Topliss-reactive ketones (excluding diaryl/α,β-unsaturated/α-hetero) is 1. The third-order valence-corrected chi connectivity index (χ3v) is 3.13. The molecular weight excluding hydrogens is 264 g/mol. The molecule has 21 heavy (non-hydrogen) atoms. The lowest BCUT2D eigenvalue weighted by atomic mass is 10.2. The molecule has 0 fully saturated rings. The van der Waals surface area contributed by atoms with Crippen LogP contribution in [-0.4, -0.2) is 18.5 Å². The zero-order valence-corrected chi connectivity index (χ0v) is 12.2. The summed E-state index contributed by atoms with van der Waals surface area (Å²) < 4.78 is 11.2. The minimum atomic E-state index is -0.520. The standard InChI is InChI=1S/C18H20O3/c1-15(19)18(21-13-17-10-6-3-7-11-17)14-20-12-16-8-4-2-5-9-16/h2-11,18H,12-14H2,1H3. The number of carbonyl (C=O) groups is 1. The monoisotopic (exact) mass is 284 g/mol. The van der Waals surface area contributed by atoms with E-state index in [1.54, 1.807) is 0 Å². The molecule has 0 aromatic heterocycles. The third-order valence-electron chi connectivity index (χ3n) is 3.13. The van der Waals surface area contributed by atoms with Crippen LogP contribution in [0.3, 0.4) is 0 Å². The van der Waals surface area contributed by atoms with Gasteiger partial charge in [-0.15, -0.1) is 0 Å². The Hall–Kier alpha value is -1.97. The average Bonchev–Trinajstić information content (AvgIpc) is 2.52. The van der Waals surface area contributed by atoms with Gasteiger partial charge in [0.15, 0.2) is 5.78 Å². The highest BCUT2D eigenvalue weighted by atomic mass is 16.5. The maximum atomic E-state index is 11.6. The average molecular weight is 284 g/mol. The summed E-state index contributed by atoms with van der Waals surface area (Å²) in [6, 6.07) is 19.7. The van der Waals surface area contributed by atoms with Crippen LogP contribution in [0, 0.1) is 0 Å². The number of hydrogen-bond acceptors (Lipinski definition) is 3. The van der Waals surface area contributed by atoms with E-state index in [2.05, 4.69) is 0 Å². The first-order chi connectivity index (χ1) is 10.3. The van der Waals surface area contributed by atoms with Crippen LogP contribution in [0.25, 0.3) is 0 Å². The van der Waals surface area contributed by atoms with Crippen molar-refractivity contribution < 1.29 is 14.3 Å². The second-order valence-electron chi connectivity index (χ2n) is 4.90. The van der Waals surface area contributed by atoms with Crippen molar-refractivity contribution in [2.24, 2.45) is 0 Å². The van der Waals surface area contributed by atoms with Gasteiger partial charge in [-0.05, 0) is 18.1 Å². The molecule has 0 aliphatic heterocycles. The van der Waals surface area contributed by atoms with Crippen LogP contribution >= 0.6 is 0 Å². The van der Waals surface area contributed by atoms with E-state index in [0.29, 0.717) is 13.2 Å². The maximum Gasteiger partial charge on any atom is 0.160 e. The van der Waals surface area contributed by atoms with Crippen LogP contribution in [-0.2, 0) is 27.5 Å². The largest absolute Gasteiger partial charge is 0.374 e. The minimum absolute atomic E-state index is 0.0148. The molecule has 0 N–H and O–H groups in total. The fourth-order valence-electron chi connectivity index (χ4n) is 1.91. The second kappa shape index (κ2) is 8.35. The quantitative estimate of drug-likeness (QED) is 0.745. The molecular formula is C18H20O3. The van der Waals surface area contributed by atoms with Gasteiger partial charge in [-0.25, -0.2) is 0 Å². The van der Waals surface area contributed by atoms with E-state index in [9.17, 15) is 4.79 Å². The molecule has 0 spiro atoms. The minimum Gasteiger partial charge on any atom is -0.374 e. The van der Waals surface area contributed by atoms with Crippen LogP contribution in [0.1, 0.15) is 18.1 Å². The maximum absolute atomic E-state index is 11.6. The van der Waals surface area contributed by atoms with Crippen LogP contribution in [0.15, 0.2) is 60.7 Å². The molecule has 2 aromatic rings. The molecule has 0 radical (unpaired) electrons. The summed E-state index contributed by atoms with van der Waals surface area (Å²) in [6.07, 6.45) is -0.520. The predicted octanol–water partition coefficient (Wildman–Crippen LogP) is 3.38. The van der Waals surface area contributed by atoms with E-state index in [0.717, 1.165) is 11.1 Å². The fourth-order valence-corrected chi connectivity index (χ4v) is 1.91. The molecule has 2 aromatic carbocycles. The normalized spacial score (nSPS) is 12.0. The molecule has 3 nitrogen and oxygen atoms in total. The van der Waals surface area contributed by atoms with Gasteiger partial charge in [-0.2, -0.15) is 0 Å². The van der Waals surface area contributed by atoms with Crippen molar-refractivity contribution in [1.29, 1.82) is 0 Å². The number of ketones is 1. The summed E-state index contributed by atoms with van der Waals surface area (Å²) in [5, 5.41) is 0. The first-order valence-electron chi connectivity index (χ1n) is 7.03. The second-order valence-corrected chi connectivity index (χ2v) is 4.90. The number of ether oxygens (including phenoxy) is 2. The molecule has 3 heteroatoms. The van der Waals surface area contributed by atoms with Gasteiger partial charge < -0.3 is 9.47 Å². The zero-order valence-electron chi connectivity index (χ0n) is 12.2. The van der Waals surface area contributed by atoms with Crippen molar-refractivity contribution in [1.82, 2.24) is 0 Å². The number of benzene rings is 2. The van der Waals surface area contributed by atoms with Gasteiger partial charge in [-0.3, -0.25) is 4.79 Å². The summed E-state index contributed by atoms with van der Waals surface area (Å²) in [7, 11) is 0. The Kier molecular flexibility index (Phi) is 6.13. The van der Waals surface area contributed by atoms with Gasteiger partial charge in [-0.1, -0.05) is 60.7 Å². The van der Waals surface area contributed by atoms with E-state index in [1.807, 2.05) is 60.7 Å². The van der Waals surface area contributed by atoms with E-state index in [4.69, 9.17) is 9.47 Å². The van der Waals surface area contributed by atoms with Crippen molar-refractivity contribution in [3.05, 3.63) is 71.8 Å². The number of hydrogen-bond donors (Lipinski definition) is 0. The molecule has 0 bridgehead atoms. The number of carbonyl (C=O) groups excluding carboxylic acids is 1. The van der Waals surface area contributed by atoms with Crippen molar-refractivity contribution in [3.8, 4) is 0 Å². The number of rotatable bonds is 8. The van der Waals surface area contributed by atoms with Gasteiger partial charge >= 0.3 is 0 Å². The fraction of sp³-hybridized carbons (Fsp3) is 0.278. The predicted molar refractivity (Wildman–Crippen MR) is 81.8 cm³/mol. The van der Waals surface area contributed by atoms with Gasteiger partial charge in [0, 0.05) is 0 Å². The van der Waals surface area contributed by atoms with Gasteiger partial charge in [0.25, 0.3) is 0 Å². The molecule has 1 atom stereocenters. The highest BCUT2D eigenvalue weighted by molar-refractivity contribution is 5.80. The molecule has 1 unspecified atom stereocenters. The van der Waals surface area contributed by atoms with Gasteiger partial charge in [0.05, 0.1) is 19.8 Å². The lowest BCUT2D eigenvalue weighted by Gasteiger charge is -2.15. The highest BCUT2D eigenvalue weighted by Crippen LogP contribution is 2.07. The molecule has 0 saturated carbocycles. The Labute approximate surface area is 125 Å². The van der Waals surface area contributed by atoms with Gasteiger partial charge in [0.2, 0.25) is 0 Å². The molecule has 0 saturated heterocycles. The summed E-state index contributed by atoms with van der Waals surface area (Å²) in [5.74, 6) is -0.0148. The van der Waals surface area contributed by atoms with E-state index in [1.165, 1.54) is 6.92 Å². The van der Waals surface area contributed by atoms with E-state index in [-0.39, 0.29) is 12.4 Å². The summed E-state index contributed by atoms with van der Waals surface area (Å²) in [4.78, 5) is 11.6. The summed E-state index contributed by atoms with van der Waals surface area (Å²) >= 11 is 0. The van der Waals surface area contributed by atoms with Crippen LogP contribution < -0.4 is 0 Å². The Balaban J connectivity index is 1.78. The lowest BCUT2D eigenvalue weighted by molar-refractivity contribution is -0.134. The van der Waals surface area contributed by atoms with Crippen LogP contribution in [0.5, 0.6) is 0 Å². The highest BCUT2D eigenvalue weighted by Gasteiger charge is 2.15. The van der Waals surface area contributed by atoms with Crippen molar-refractivity contribution >= 4 is 5.78 Å². The van der Waals surface area contributed by atoms with Crippen molar-refractivity contribution in [2.45, 2.75) is 26.2 Å². The van der Waals surface area contributed by atoms with Crippen molar-refractivity contribution in [2.75, 3.05) is 6.61 Å². The topological polar surface area (TPSA) is 35.5 Å². The van der Waals surface area contributed by atoms with Crippen molar-refractivity contribution in [3.63, 3.8) is 0 Å². The Morgan fingerprint density at radius 1 is 0.905 bits per heavy atom. The Morgan fingerprint density at radius 2 is 1.43 bits per heavy atom. The molecule has 0 heterocycles. The molecule has 0 amide bonds. The van der Waals surface area contributed by atoms with Gasteiger partial charge in [0.1, 0.15) is 6.10 Å². The zero-order chi connectivity index (χ0) is 14.9. The summed E-state index contributed by atoms with van der Waals surface area (Å²) in [6.45, 7) is 2.71. The first kappa shape index (κ1) is 15.4. The van der Waals surface area contributed by atoms with E-state index < -0.39 is 6.10 Å². The first-order valence-corrected chi connectivity index (χ1v) is 7.03. The smallest absolute Gasteiger partial charge is 0.160 e. The molecule has 2 rings (SSSR count). The van der Waals surface area contributed by atoms with Crippen LogP contribution in [0.4, 0.5) is 0 Å². The van der Waals surface area contributed by atoms with E-state index >= 15 is 0 Å². The third kappa shape index (κ3) is 5.50. The molecule has 110 valence electrons. The van der Waals surface area contributed by atoms with Crippen LogP contribution in [0.2, 0.25) is 0 Å². The molecule has 0 aliphatic carbocycles. The summed E-state index contributed by atoms with van der Waals surface area (Å²) in [5.41, 5.74) is 2.13. The SMILES string of the molecule is CC(=O)C(COCc1ccccc1)OCc1ccccc1. The lowest BCUT2D eigenvalue weighted by Crippen LogP contribution is -2.27. The molecule has 0 aliphatic rings.